The van der Waals surface area contributed by atoms with Crippen LogP contribution in [0, 0.1) is 11.8 Å². The highest BCUT2D eigenvalue weighted by atomic mass is 16.5. The van der Waals surface area contributed by atoms with Gasteiger partial charge < -0.3 is 4.74 Å². The molecule has 0 amide bonds. The third-order valence-corrected chi connectivity index (χ3v) is 6.76. The monoisotopic (exact) mass is 342 g/mol. The van der Waals surface area contributed by atoms with Crippen molar-refractivity contribution in [2.75, 3.05) is 6.61 Å². The van der Waals surface area contributed by atoms with Gasteiger partial charge in [-0.05, 0) is 93.1 Å². The van der Waals surface area contributed by atoms with Crippen LogP contribution in [0.2, 0.25) is 0 Å². The maximum Gasteiger partial charge on any atom is 0.0575 e. The molecule has 2 unspecified atom stereocenters. The molecule has 0 spiro atoms. The summed E-state index contributed by atoms with van der Waals surface area (Å²) in [5, 5.41) is 0. The number of rotatable bonds is 7. The molecule has 25 heavy (non-hydrogen) atoms. The van der Waals surface area contributed by atoms with Crippen molar-refractivity contribution in [3.05, 3.63) is 35.4 Å². The lowest BCUT2D eigenvalue weighted by Crippen LogP contribution is -2.26. The molecule has 1 heterocycles. The molecule has 0 bridgehead atoms. The molecule has 1 aromatic rings. The Morgan fingerprint density at radius 3 is 2.12 bits per heavy atom. The van der Waals surface area contributed by atoms with Gasteiger partial charge in [0.1, 0.15) is 0 Å². The molecule has 1 heteroatoms. The van der Waals surface area contributed by atoms with Crippen LogP contribution in [0.5, 0.6) is 0 Å². The maximum atomic E-state index is 6.15. The van der Waals surface area contributed by atoms with Crippen molar-refractivity contribution in [1.29, 1.82) is 0 Å². The average Bonchev–Trinajstić information content (AvgIpc) is 2.68. The van der Waals surface area contributed by atoms with Crippen molar-refractivity contribution in [1.82, 2.24) is 0 Å². The van der Waals surface area contributed by atoms with Gasteiger partial charge in [0.15, 0.2) is 0 Å². The summed E-state index contributed by atoms with van der Waals surface area (Å²) in [6.07, 6.45) is 15.4. The van der Waals surface area contributed by atoms with E-state index in [1.807, 2.05) is 0 Å². The second-order valence-corrected chi connectivity index (χ2v) is 8.58. The summed E-state index contributed by atoms with van der Waals surface area (Å²) in [6, 6.07) is 9.42. The van der Waals surface area contributed by atoms with E-state index in [0.717, 1.165) is 30.8 Å². The number of benzene rings is 1. The van der Waals surface area contributed by atoms with E-state index < -0.39 is 0 Å². The van der Waals surface area contributed by atoms with Gasteiger partial charge in [0.25, 0.3) is 0 Å². The first-order valence-corrected chi connectivity index (χ1v) is 11.0. The van der Waals surface area contributed by atoms with E-state index in [4.69, 9.17) is 4.74 Å². The van der Waals surface area contributed by atoms with Crippen molar-refractivity contribution in [2.24, 2.45) is 11.8 Å². The molecule has 0 radical (unpaired) electrons. The van der Waals surface area contributed by atoms with Crippen molar-refractivity contribution < 1.29 is 4.74 Å². The Balaban J connectivity index is 1.35. The predicted octanol–water partition coefficient (Wildman–Crippen LogP) is 6.90. The number of hydrogen-bond acceptors (Lipinski definition) is 1. The van der Waals surface area contributed by atoms with Gasteiger partial charge in [0.2, 0.25) is 0 Å². The molecule has 1 saturated heterocycles. The maximum absolute atomic E-state index is 6.15. The van der Waals surface area contributed by atoms with Crippen LogP contribution >= 0.6 is 0 Å². The first-order chi connectivity index (χ1) is 12.3. The van der Waals surface area contributed by atoms with E-state index in [-0.39, 0.29) is 0 Å². The first-order valence-electron chi connectivity index (χ1n) is 11.0. The van der Waals surface area contributed by atoms with Crippen molar-refractivity contribution in [2.45, 2.75) is 96.5 Å². The fraction of sp³-hybridized carbons (Fsp3) is 0.750. The number of hydrogen-bond donors (Lipinski definition) is 0. The van der Waals surface area contributed by atoms with E-state index in [0.29, 0.717) is 6.10 Å². The average molecular weight is 343 g/mol. The highest BCUT2D eigenvalue weighted by Crippen LogP contribution is 2.38. The third-order valence-electron chi connectivity index (χ3n) is 6.76. The molecule has 140 valence electrons. The standard InChI is InChI=1S/C24H38O/c1-3-5-21-11-17-24(25-18-21)16-10-20-8-14-23(15-9-20)22-12-6-19(4-2)7-13-22/h6-7,12-13,20-21,23-24H,3-5,8-11,14-18H2,1-2H3. The summed E-state index contributed by atoms with van der Waals surface area (Å²) < 4.78 is 6.15. The predicted molar refractivity (Wildman–Crippen MR) is 107 cm³/mol. The van der Waals surface area contributed by atoms with E-state index in [2.05, 4.69) is 38.1 Å². The Bertz CT molecular complexity index is 475. The highest BCUT2D eigenvalue weighted by molar-refractivity contribution is 5.25. The smallest absolute Gasteiger partial charge is 0.0575 e. The quantitative estimate of drug-likeness (QED) is 0.523. The molecule has 2 atom stereocenters. The van der Waals surface area contributed by atoms with Crippen LogP contribution < -0.4 is 0 Å². The van der Waals surface area contributed by atoms with E-state index in [1.165, 1.54) is 69.8 Å². The molecule has 1 nitrogen and oxygen atoms in total. The van der Waals surface area contributed by atoms with Gasteiger partial charge in [-0.2, -0.15) is 0 Å². The van der Waals surface area contributed by atoms with Gasteiger partial charge in [-0.1, -0.05) is 44.5 Å². The Morgan fingerprint density at radius 2 is 1.52 bits per heavy atom. The molecule has 1 aromatic carbocycles. The van der Waals surface area contributed by atoms with Crippen LogP contribution in [0.4, 0.5) is 0 Å². The lowest BCUT2D eigenvalue weighted by atomic mass is 9.76. The molecule has 0 N–H and O–H groups in total. The van der Waals surface area contributed by atoms with E-state index in [9.17, 15) is 0 Å². The minimum absolute atomic E-state index is 0.562. The largest absolute Gasteiger partial charge is 0.378 e. The summed E-state index contributed by atoms with van der Waals surface area (Å²) >= 11 is 0. The topological polar surface area (TPSA) is 9.23 Å². The van der Waals surface area contributed by atoms with Gasteiger partial charge in [-0.15, -0.1) is 0 Å². The minimum Gasteiger partial charge on any atom is -0.378 e. The Hall–Kier alpha value is -0.820. The third kappa shape index (κ3) is 5.58. The van der Waals surface area contributed by atoms with Gasteiger partial charge in [0.05, 0.1) is 6.10 Å². The second-order valence-electron chi connectivity index (χ2n) is 8.58. The second kappa shape index (κ2) is 9.76. The molecule has 3 rings (SSSR count). The van der Waals surface area contributed by atoms with Crippen molar-refractivity contribution in [3.8, 4) is 0 Å². The first kappa shape index (κ1) is 19.0. The van der Waals surface area contributed by atoms with Gasteiger partial charge in [0, 0.05) is 6.61 Å². The molecule has 1 aliphatic heterocycles. The van der Waals surface area contributed by atoms with Gasteiger partial charge in [-0.3, -0.25) is 0 Å². The van der Waals surface area contributed by atoms with Crippen molar-refractivity contribution in [3.63, 3.8) is 0 Å². The number of aryl methyl sites for hydroxylation is 1. The zero-order valence-corrected chi connectivity index (χ0v) is 16.5. The van der Waals surface area contributed by atoms with Crippen LogP contribution in [-0.2, 0) is 11.2 Å². The molecule has 2 fully saturated rings. The lowest BCUT2D eigenvalue weighted by Gasteiger charge is -2.32. The Labute approximate surface area is 155 Å². The number of ether oxygens (including phenoxy) is 1. The zero-order valence-electron chi connectivity index (χ0n) is 16.5. The summed E-state index contributed by atoms with van der Waals surface area (Å²) in [5.41, 5.74) is 3.04. The summed E-state index contributed by atoms with van der Waals surface area (Å²) in [6.45, 7) is 5.56. The van der Waals surface area contributed by atoms with Crippen molar-refractivity contribution >= 4 is 0 Å². The van der Waals surface area contributed by atoms with Gasteiger partial charge in [-0.25, -0.2) is 0 Å². The molecule has 2 aliphatic rings. The summed E-state index contributed by atoms with van der Waals surface area (Å²) in [4.78, 5) is 0. The van der Waals surface area contributed by atoms with Gasteiger partial charge >= 0.3 is 0 Å². The molecule has 1 aliphatic carbocycles. The zero-order chi connectivity index (χ0) is 17.5. The van der Waals surface area contributed by atoms with E-state index >= 15 is 0 Å². The van der Waals surface area contributed by atoms with Crippen LogP contribution in [0.3, 0.4) is 0 Å². The summed E-state index contributed by atoms with van der Waals surface area (Å²) in [5.74, 6) is 2.60. The summed E-state index contributed by atoms with van der Waals surface area (Å²) in [7, 11) is 0. The van der Waals surface area contributed by atoms with Crippen LogP contribution in [0.15, 0.2) is 24.3 Å². The normalized spacial score (nSPS) is 30.3. The van der Waals surface area contributed by atoms with Crippen LogP contribution in [0.1, 0.15) is 95.1 Å². The Morgan fingerprint density at radius 1 is 0.800 bits per heavy atom. The van der Waals surface area contributed by atoms with Crippen LogP contribution in [0.25, 0.3) is 0 Å². The molecule has 0 aromatic heterocycles. The Kier molecular flexibility index (Phi) is 7.40. The SMILES string of the molecule is CCCC1CCC(CCC2CCC(c3ccc(CC)cc3)CC2)OC1. The van der Waals surface area contributed by atoms with Crippen LogP contribution in [-0.4, -0.2) is 12.7 Å². The molecular weight excluding hydrogens is 304 g/mol. The molecular formula is C24H38O. The fourth-order valence-electron chi connectivity index (χ4n) is 4.96. The fourth-order valence-corrected chi connectivity index (χ4v) is 4.96. The lowest BCUT2D eigenvalue weighted by molar-refractivity contribution is -0.0252. The highest BCUT2D eigenvalue weighted by Gasteiger charge is 2.25. The minimum atomic E-state index is 0.562. The van der Waals surface area contributed by atoms with E-state index in [1.54, 1.807) is 5.56 Å². The molecule has 1 saturated carbocycles.